The topological polar surface area (TPSA) is 60.1 Å². The van der Waals surface area contributed by atoms with Gasteiger partial charge in [-0.25, -0.2) is 0 Å². The van der Waals surface area contributed by atoms with Crippen molar-refractivity contribution in [2.45, 2.75) is 38.3 Å². The summed E-state index contributed by atoms with van der Waals surface area (Å²) in [6.07, 6.45) is 1.96. The van der Waals surface area contributed by atoms with Gasteiger partial charge in [0.15, 0.2) is 0 Å². The zero-order chi connectivity index (χ0) is 19.7. The Morgan fingerprint density at radius 3 is 2.39 bits per heavy atom. The van der Waals surface area contributed by atoms with E-state index in [4.69, 9.17) is 4.84 Å². The summed E-state index contributed by atoms with van der Waals surface area (Å²) < 4.78 is 1.02. The van der Waals surface area contributed by atoms with Gasteiger partial charge in [0.2, 0.25) is 0 Å². The zero-order valence-electron chi connectivity index (χ0n) is 15.8. The zero-order valence-corrected chi connectivity index (χ0v) is 17.3. The third kappa shape index (κ3) is 3.09. The maximum absolute atomic E-state index is 9.91. The van der Waals surface area contributed by atoms with E-state index in [0.717, 1.165) is 28.6 Å². The quantitative estimate of drug-likeness (QED) is 0.612. The molecule has 2 aliphatic rings. The van der Waals surface area contributed by atoms with Gasteiger partial charge < -0.3 is 0 Å². The average molecular weight is 436 g/mol. The second-order valence-electron chi connectivity index (χ2n) is 7.71. The van der Waals surface area contributed by atoms with E-state index in [9.17, 15) is 10.5 Å². The molecule has 0 aromatic heterocycles. The fourth-order valence-corrected chi connectivity index (χ4v) is 5.07. The van der Waals surface area contributed by atoms with E-state index in [-0.39, 0.29) is 24.0 Å². The molecule has 2 aromatic carbocycles. The van der Waals surface area contributed by atoms with Crippen LogP contribution in [0.3, 0.4) is 0 Å². The molecule has 1 heterocycles. The standard InChI is InChI=1S/C23H22BrN3O/c1-2-17-12-21-20(13-23(17,14-25)15-26)22(16-8-10-18(24)11-9-16)28-27(21)19-6-4-3-5-7-19/h3-11,17,20-22H,2,12-13H2,1H3/t17-,20+,21-,22-/m1/s1. The van der Waals surface area contributed by atoms with Gasteiger partial charge in [-0.15, -0.1) is 0 Å². The second-order valence-corrected chi connectivity index (χ2v) is 8.63. The third-order valence-corrected chi connectivity index (χ3v) is 6.82. The van der Waals surface area contributed by atoms with Crippen molar-refractivity contribution in [3.8, 4) is 12.1 Å². The SMILES string of the molecule is CC[C@@H]1C[C@@H]2[C@H](CC1(C#N)C#N)[C@@H](c1ccc(Br)cc1)ON2c1ccccc1. The molecule has 0 radical (unpaired) electrons. The van der Waals surface area contributed by atoms with Crippen molar-refractivity contribution in [2.75, 3.05) is 5.06 Å². The minimum Gasteiger partial charge on any atom is -0.265 e. The molecule has 1 saturated carbocycles. The van der Waals surface area contributed by atoms with E-state index in [0.29, 0.717) is 6.42 Å². The summed E-state index contributed by atoms with van der Waals surface area (Å²) in [5.74, 6) is 0.130. The van der Waals surface area contributed by atoms with Gasteiger partial charge in [0.05, 0.1) is 23.9 Å². The predicted octanol–water partition coefficient (Wildman–Crippen LogP) is 5.78. The lowest BCUT2D eigenvalue weighted by Gasteiger charge is -2.41. The second kappa shape index (κ2) is 7.59. The lowest BCUT2D eigenvalue weighted by Crippen LogP contribution is -2.45. The summed E-state index contributed by atoms with van der Waals surface area (Å²) >= 11 is 3.49. The van der Waals surface area contributed by atoms with Crippen LogP contribution in [0.1, 0.15) is 37.9 Å². The fourth-order valence-electron chi connectivity index (χ4n) is 4.80. The molecule has 2 fully saturated rings. The Morgan fingerprint density at radius 1 is 1.11 bits per heavy atom. The first kappa shape index (κ1) is 19.0. The van der Waals surface area contributed by atoms with Crippen molar-refractivity contribution in [1.82, 2.24) is 0 Å². The monoisotopic (exact) mass is 435 g/mol. The predicted molar refractivity (Wildman–Crippen MR) is 111 cm³/mol. The van der Waals surface area contributed by atoms with Crippen molar-refractivity contribution < 1.29 is 4.84 Å². The van der Waals surface area contributed by atoms with Crippen LogP contribution in [0.5, 0.6) is 0 Å². The van der Waals surface area contributed by atoms with E-state index in [1.165, 1.54) is 0 Å². The number of fused-ring (bicyclic) bond motifs is 1. The highest BCUT2D eigenvalue weighted by Gasteiger charge is 2.56. The molecule has 0 amide bonds. The number of hydrogen-bond acceptors (Lipinski definition) is 4. The van der Waals surface area contributed by atoms with Crippen molar-refractivity contribution in [1.29, 1.82) is 10.5 Å². The normalized spacial score (nSPS) is 28.2. The van der Waals surface area contributed by atoms with E-state index in [1.54, 1.807) is 0 Å². The number of nitrogens with zero attached hydrogens (tertiary/aromatic N) is 3. The lowest BCUT2D eigenvalue weighted by atomic mass is 9.60. The van der Waals surface area contributed by atoms with Gasteiger partial charge in [0, 0.05) is 10.4 Å². The number of nitriles is 2. The number of hydroxylamine groups is 1. The van der Waals surface area contributed by atoms with Gasteiger partial charge in [-0.2, -0.15) is 10.5 Å². The van der Waals surface area contributed by atoms with Crippen LogP contribution >= 0.6 is 15.9 Å². The molecule has 1 saturated heterocycles. The molecule has 0 spiro atoms. The highest BCUT2D eigenvalue weighted by atomic mass is 79.9. The largest absolute Gasteiger partial charge is 0.265 e. The Bertz CT molecular complexity index is 902. The minimum absolute atomic E-state index is 0.0437. The fraction of sp³-hybridized carbons (Fsp3) is 0.391. The first-order valence-corrected chi connectivity index (χ1v) is 10.5. The van der Waals surface area contributed by atoms with Crippen LogP contribution in [0.2, 0.25) is 0 Å². The van der Waals surface area contributed by atoms with E-state index >= 15 is 0 Å². The van der Waals surface area contributed by atoms with Gasteiger partial charge >= 0.3 is 0 Å². The molecule has 28 heavy (non-hydrogen) atoms. The van der Waals surface area contributed by atoms with Crippen molar-refractivity contribution in [2.24, 2.45) is 17.3 Å². The molecule has 142 valence electrons. The first-order chi connectivity index (χ1) is 13.6. The Balaban J connectivity index is 1.76. The van der Waals surface area contributed by atoms with Gasteiger partial charge in [-0.05, 0) is 48.6 Å². The molecule has 1 aliphatic carbocycles. The molecule has 4 nitrogen and oxygen atoms in total. The van der Waals surface area contributed by atoms with E-state index < -0.39 is 5.41 Å². The summed E-state index contributed by atoms with van der Waals surface area (Å²) in [7, 11) is 0. The van der Waals surface area contributed by atoms with Gasteiger partial charge in [0.25, 0.3) is 0 Å². The van der Waals surface area contributed by atoms with Crippen LogP contribution in [0.15, 0.2) is 59.1 Å². The van der Waals surface area contributed by atoms with Crippen molar-refractivity contribution in [3.63, 3.8) is 0 Å². The maximum atomic E-state index is 9.91. The molecular weight excluding hydrogens is 414 g/mol. The molecule has 5 heteroatoms. The Hall–Kier alpha value is -2.34. The van der Waals surface area contributed by atoms with Crippen LogP contribution < -0.4 is 5.06 Å². The van der Waals surface area contributed by atoms with Crippen molar-refractivity contribution in [3.05, 3.63) is 64.6 Å². The van der Waals surface area contributed by atoms with Crippen LogP contribution in [-0.4, -0.2) is 6.04 Å². The number of benzene rings is 2. The molecule has 4 atom stereocenters. The summed E-state index contributed by atoms with van der Waals surface area (Å²) in [5.41, 5.74) is 1.16. The van der Waals surface area contributed by atoms with Crippen LogP contribution in [0.4, 0.5) is 5.69 Å². The molecular formula is C23H22BrN3O. The van der Waals surface area contributed by atoms with Crippen molar-refractivity contribution >= 4 is 21.6 Å². The first-order valence-electron chi connectivity index (χ1n) is 9.71. The Labute approximate surface area is 174 Å². The number of para-hydroxylation sites is 1. The molecule has 2 aromatic rings. The average Bonchev–Trinajstić information content (AvgIpc) is 3.11. The highest BCUT2D eigenvalue weighted by molar-refractivity contribution is 9.10. The Morgan fingerprint density at radius 2 is 1.79 bits per heavy atom. The molecule has 0 bridgehead atoms. The molecule has 0 unspecified atom stereocenters. The minimum atomic E-state index is -0.945. The summed E-state index contributed by atoms with van der Waals surface area (Å²) in [5, 5.41) is 21.8. The number of hydrogen-bond donors (Lipinski definition) is 0. The summed E-state index contributed by atoms with van der Waals surface area (Å²) in [4.78, 5) is 6.49. The number of anilines is 1. The molecule has 4 rings (SSSR count). The third-order valence-electron chi connectivity index (χ3n) is 6.29. The maximum Gasteiger partial charge on any atom is 0.147 e. The van der Waals surface area contributed by atoms with Crippen LogP contribution in [0, 0.1) is 39.9 Å². The highest BCUT2D eigenvalue weighted by Crippen LogP contribution is 2.55. The number of halogens is 1. The smallest absolute Gasteiger partial charge is 0.147 e. The lowest BCUT2D eigenvalue weighted by molar-refractivity contribution is 0.0618. The summed E-state index contributed by atoms with van der Waals surface area (Å²) in [6, 6.07) is 23.2. The number of rotatable bonds is 3. The van der Waals surface area contributed by atoms with Crippen LogP contribution in [-0.2, 0) is 4.84 Å². The van der Waals surface area contributed by atoms with E-state index in [2.05, 4.69) is 59.3 Å². The van der Waals surface area contributed by atoms with Gasteiger partial charge in [-0.1, -0.05) is 59.6 Å². The van der Waals surface area contributed by atoms with E-state index in [1.807, 2.05) is 35.4 Å². The van der Waals surface area contributed by atoms with Gasteiger partial charge in [-0.3, -0.25) is 9.90 Å². The van der Waals surface area contributed by atoms with Gasteiger partial charge in [0.1, 0.15) is 11.5 Å². The van der Waals surface area contributed by atoms with Crippen LogP contribution in [0.25, 0.3) is 0 Å². The molecule has 1 aliphatic heterocycles. The molecule has 0 N–H and O–H groups in total. The Kier molecular flexibility index (Phi) is 5.15. The summed E-state index contributed by atoms with van der Waals surface area (Å²) in [6.45, 7) is 2.07.